The Morgan fingerprint density at radius 2 is 1.59 bits per heavy atom. The van der Waals surface area contributed by atoms with Crippen LogP contribution in [0.1, 0.15) is 60.7 Å². The molecule has 0 spiro atoms. The van der Waals surface area contributed by atoms with Crippen LogP contribution >= 0.6 is 0 Å². The van der Waals surface area contributed by atoms with Gasteiger partial charge in [-0.1, -0.05) is 24.3 Å². The Bertz CT molecular complexity index is 1760. The molecular formula is C35H37N3O8. The summed E-state index contributed by atoms with van der Waals surface area (Å²) in [7, 11) is 4.71. The summed E-state index contributed by atoms with van der Waals surface area (Å²) < 4.78 is 42.6. The maximum atomic E-state index is 13.6. The van der Waals surface area contributed by atoms with Crippen LogP contribution in [-0.2, 0) is 21.6 Å². The topological polar surface area (TPSA) is 112 Å². The minimum Gasteiger partial charge on any atom is -0.493 e. The van der Waals surface area contributed by atoms with E-state index in [4.69, 9.17) is 33.2 Å². The van der Waals surface area contributed by atoms with E-state index in [1.807, 2.05) is 61.1 Å². The van der Waals surface area contributed by atoms with E-state index in [1.165, 1.54) is 5.56 Å². The quantitative estimate of drug-likeness (QED) is 0.223. The fraction of sp³-hybridized carbons (Fsp3) is 0.400. The maximum absolute atomic E-state index is 13.6. The lowest BCUT2D eigenvalue weighted by molar-refractivity contribution is -0.141. The zero-order valence-electron chi connectivity index (χ0n) is 26.7. The average Bonchev–Trinajstić information content (AvgIpc) is 3.83. The third-order valence-electron chi connectivity index (χ3n) is 9.31. The number of carbonyl (C=O) groups excluding carboxylic acids is 1. The van der Waals surface area contributed by atoms with Crippen molar-refractivity contribution in [3.8, 4) is 34.5 Å². The largest absolute Gasteiger partial charge is 0.493 e. The molecule has 11 heteroatoms. The lowest BCUT2D eigenvalue weighted by atomic mass is 9.65. The first-order valence-corrected chi connectivity index (χ1v) is 15.4. The van der Waals surface area contributed by atoms with E-state index in [2.05, 4.69) is 29.4 Å². The van der Waals surface area contributed by atoms with Crippen LogP contribution in [0.3, 0.4) is 0 Å². The second-order valence-electron chi connectivity index (χ2n) is 12.2. The van der Waals surface area contributed by atoms with Gasteiger partial charge in [0, 0.05) is 11.8 Å². The molecule has 2 aliphatic heterocycles. The van der Waals surface area contributed by atoms with E-state index in [1.54, 1.807) is 21.3 Å². The van der Waals surface area contributed by atoms with Crippen LogP contribution < -0.4 is 28.4 Å². The number of carbonyl (C=O) groups is 1. The van der Waals surface area contributed by atoms with Crippen LogP contribution in [0.5, 0.6) is 34.5 Å². The third kappa shape index (κ3) is 4.85. The van der Waals surface area contributed by atoms with Gasteiger partial charge in [-0.3, -0.25) is 4.79 Å². The Hall–Kier alpha value is -4.93. The lowest BCUT2D eigenvalue weighted by Gasteiger charge is -2.39. The highest BCUT2D eigenvalue weighted by Crippen LogP contribution is 2.56. The van der Waals surface area contributed by atoms with Gasteiger partial charge in [-0.2, -0.15) is 0 Å². The van der Waals surface area contributed by atoms with Gasteiger partial charge in [0.1, 0.15) is 17.0 Å². The Balaban J connectivity index is 1.34. The number of esters is 1. The van der Waals surface area contributed by atoms with Gasteiger partial charge in [0.15, 0.2) is 23.0 Å². The SMILES string of the molecule is CCc1ccc(OC(C)(C)c2cn([C@H]3c4cc5c(cc4[C@@H](c4cc(OC)c(OC)c(OC)c4)[C@H]4C(=O)OC[C@@H]43)OCO5)nn2)cc1. The van der Waals surface area contributed by atoms with Crippen LogP contribution in [-0.4, -0.2) is 55.7 Å². The second kappa shape index (κ2) is 11.5. The monoisotopic (exact) mass is 627 g/mol. The molecule has 3 aliphatic rings. The smallest absolute Gasteiger partial charge is 0.310 e. The predicted octanol–water partition coefficient (Wildman–Crippen LogP) is 5.43. The number of hydrogen-bond acceptors (Lipinski definition) is 10. The fourth-order valence-corrected chi connectivity index (χ4v) is 6.98. The van der Waals surface area contributed by atoms with Crippen molar-refractivity contribution in [2.75, 3.05) is 34.7 Å². The highest BCUT2D eigenvalue weighted by molar-refractivity contribution is 5.79. The molecule has 3 aromatic carbocycles. The molecule has 0 unspecified atom stereocenters. The Labute approximate surface area is 267 Å². The lowest BCUT2D eigenvalue weighted by Crippen LogP contribution is -2.37. The second-order valence-corrected chi connectivity index (χ2v) is 12.2. The van der Waals surface area contributed by atoms with Crippen LogP contribution in [0, 0.1) is 11.8 Å². The van der Waals surface area contributed by atoms with Crippen LogP contribution in [0.15, 0.2) is 54.7 Å². The summed E-state index contributed by atoms with van der Waals surface area (Å²) in [6, 6.07) is 15.4. The number of benzene rings is 3. The summed E-state index contributed by atoms with van der Waals surface area (Å²) in [5.41, 5.74) is 3.77. The van der Waals surface area contributed by atoms with Gasteiger partial charge < -0.3 is 33.2 Å². The molecule has 0 amide bonds. The maximum Gasteiger partial charge on any atom is 0.310 e. The molecule has 11 nitrogen and oxygen atoms in total. The number of fused-ring (bicyclic) bond motifs is 3. The van der Waals surface area contributed by atoms with Crippen molar-refractivity contribution in [1.29, 1.82) is 0 Å². The molecule has 3 heterocycles. The van der Waals surface area contributed by atoms with Crippen molar-refractivity contribution in [3.05, 3.63) is 82.7 Å². The van der Waals surface area contributed by atoms with Gasteiger partial charge in [-0.25, -0.2) is 4.68 Å². The van der Waals surface area contributed by atoms with E-state index in [0.29, 0.717) is 34.4 Å². The van der Waals surface area contributed by atoms with Gasteiger partial charge in [-0.05, 0) is 78.9 Å². The molecular weight excluding hydrogens is 590 g/mol. The Kier molecular flexibility index (Phi) is 7.41. The van der Waals surface area contributed by atoms with Gasteiger partial charge in [-0.15, -0.1) is 5.10 Å². The van der Waals surface area contributed by atoms with Gasteiger partial charge >= 0.3 is 5.97 Å². The number of hydrogen-bond donors (Lipinski definition) is 0. The molecule has 1 fully saturated rings. The Morgan fingerprint density at radius 1 is 0.913 bits per heavy atom. The molecule has 1 aromatic heterocycles. The normalized spacial score (nSPS) is 21.3. The summed E-state index contributed by atoms with van der Waals surface area (Å²) in [5.74, 6) is 1.99. The van der Waals surface area contributed by atoms with Crippen LogP contribution in [0.4, 0.5) is 0 Å². The molecule has 0 bridgehead atoms. The van der Waals surface area contributed by atoms with Gasteiger partial charge in [0.25, 0.3) is 0 Å². The number of aryl methyl sites for hydroxylation is 1. The number of methoxy groups -OCH3 is 3. The molecule has 7 rings (SSSR count). The Morgan fingerprint density at radius 3 is 2.22 bits per heavy atom. The van der Waals surface area contributed by atoms with Gasteiger partial charge in [0.05, 0.1) is 46.1 Å². The number of aromatic nitrogens is 3. The zero-order chi connectivity index (χ0) is 32.2. The van der Waals surface area contributed by atoms with Crippen LogP contribution in [0.2, 0.25) is 0 Å². The summed E-state index contributed by atoms with van der Waals surface area (Å²) in [6.07, 6.45) is 2.86. The number of ether oxygens (including phenoxy) is 7. The molecule has 4 atom stereocenters. The van der Waals surface area contributed by atoms with Crippen molar-refractivity contribution in [3.63, 3.8) is 0 Å². The van der Waals surface area contributed by atoms with E-state index >= 15 is 0 Å². The summed E-state index contributed by atoms with van der Waals surface area (Å²) in [4.78, 5) is 13.6. The summed E-state index contributed by atoms with van der Waals surface area (Å²) >= 11 is 0. The van der Waals surface area contributed by atoms with Crippen molar-refractivity contribution in [1.82, 2.24) is 15.0 Å². The molecule has 0 saturated carbocycles. The molecule has 46 heavy (non-hydrogen) atoms. The molecule has 0 radical (unpaired) electrons. The predicted molar refractivity (Wildman–Crippen MR) is 166 cm³/mol. The molecule has 1 saturated heterocycles. The van der Waals surface area contributed by atoms with E-state index < -0.39 is 17.4 Å². The number of cyclic esters (lactones) is 1. The average molecular weight is 628 g/mol. The third-order valence-corrected chi connectivity index (χ3v) is 9.31. The fourth-order valence-electron chi connectivity index (χ4n) is 6.98. The first-order valence-electron chi connectivity index (χ1n) is 15.4. The van der Waals surface area contributed by atoms with E-state index in [0.717, 1.165) is 28.9 Å². The molecule has 240 valence electrons. The highest BCUT2D eigenvalue weighted by Gasteiger charge is 2.54. The highest BCUT2D eigenvalue weighted by atomic mass is 16.7. The van der Waals surface area contributed by atoms with Crippen molar-refractivity contribution >= 4 is 5.97 Å². The van der Waals surface area contributed by atoms with Gasteiger partial charge in [0.2, 0.25) is 12.5 Å². The van der Waals surface area contributed by atoms with E-state index in [-0.39, 0.29) is 31.3 Å². The van der Waals surface area contributed by atoms with Crippen molar-refractivity contribution in [2.24, 2.45) is 11.8 Å². The summed E-state index contributed by atoms with van der Waals surface area (Å²) in [5, 5.41) is 9.19. The zero-order valence-corrected chi connectivity index (χ0v) is 26.7. The first-order chi connectivity index (χ1) is 22.3. The molecule has 0 N–H and O–H groups in total. The van der Waals surface area contributed by atoms with E-state index in [9.17, 15) is 4.79 Å². The summed E-state index contributed by atoms with van der Waals surface area (Å²) in [6.45, 7) is 6.39. The standard InChI is InChI=1S/C35H37N3O8/c1-7-19-8-10-21(11-9-19)46-35(2,3)29-16-38(37-36-29)32-23-15-26-25(44-18-45-26)14-22(23)30(31-24(32)17-43-34(31)39)20-12-27(40-4)33(42-6)28(13-20)41-5/h8-16,24,30-32H,7,17-18H2,1-6H3/t24-,30+,31-,32-/m0/s1. The first kappa shape index (κ1) is 29.8. The van der Waals surface area contributed by atoms with Crippen molar-refractivity contribution < 1.29 is 38.0 Å². The molecule has 1 aliphatic carbocycles. The molecule has 4 aromatic rings. The minimum atomic E-state index is -0.779. The van der Waals surface area contributed by atoms with Crippen molar-refractivity contribution in [2.45, 2.75) is 44.8 Å². The van der Waals surface area contributed by atoms with Crippen LogP contribution in [0.25, 0.3) is 0 Å². The number of nitrogens with zero attached hydrogens (tertiary/aromatic N) is 3. The number of rotatable bonds is 9. The minimum absolute atomic E-state index is 0.116.